The zero-order valence-corrected chi connectivity index (χ0v) is 8.76. The van der Waals surface area contributed by atoms with Crippen LogP contribution in [0.1, 0.15) is 38.5 Å². The van der Waals surface area contributed by atoms with E-state index in [1.165, 1.54) is 51.6 Å². The summed E-state index contributed by atoms with van der Waals surface area (Å²) >= 11 is 0. The van der Waals surface area contributed by atoms with Gasteiger partial charge in [-0.15, -0.1) is 0 Å². The molecule has 0 bridgehead atoms. The van der Waals surface area contributed by atoms with Crippen LogP contribution in [0.15, 0.2) is 0 Å². The standard InChI is InChI=1S/C11H22N2/c1-13(11-4-2-5-11)9-3-8-12-10-6-7-10/h10-12H,2-9H2,1H3. The highest BCUT2D eigenvalue weighted by Gasteiger charge is 2.22. The first kappa shape index (κ1) is 9.47. The molecule has 0 aromatic heterocycles. The van der Waals surface area contributed by atoms with E-state index in [1.54, 1.807) is 0 Å². The molecule has 2 heteroatoms. The Morgan fingerprint density at radius 3 is 2.54 bits per heavy atom. The van der Waals surface area contributed by atoms with Gasteiger partial charge >= 0.3 is 0 Å². The lowest BCUT2D eigenvalue weighted by atomic mass is 9.92. The molecule has 1 N–H and O–H groups in total. The van der Waals surface area contributed by atoms with Crippen molar-refractivity contribution in [2.75, 3.05) is 20.1 Å². The lowest BCUT2D eigenvalue weighted by molar-refractivity contribution is 0.158. The number of rotatable bonds is 6. The summed E-state index contributed by atoms with van der Waals surface area (Å²) in [5.41, 5.74) is 0. The lowest BCUT2D eigenvalue weighted by Crippen LogP contribution is -2.38. The van der Waals surface area contributed by atoms with Crippen LogP contribution in [-0.2, 0) is 0 Å². The Morgan fingerprint density at radius 2 is 2.00 bits per heavy atom. The van der Waals surface area contributed by atoms with Crippen LogP contribution in [0.5, 0.6) is 0 Å². The largest absolute Gasteiger partial charge is 0.314 e. The summed E-state index contributed by atoms with van der Waals surface area (Å²) in [6.45, 7) is 2.51. The quantitative estimate of drug-likeness (QED) is 0.628. The molecule has 0 aromatic rings. The van der Waals surface area contributed by atoms with Gasteiger partial charge in [0.15, 0.2) is 0 Å². The summed E-state index contributed by atoms with van der Waals surface area (Å²) in [6.07, 6.45) is 8.48. The minimum absolute atomic E-state index is 0.883. The van der Waals surface area contributed by atoms with E-state index in [2.05, 4.69) is 17.3 Å². The molecule has 0 amide bonds. The molecule has 76 valence electrons. The van der Waals surface area contributed by atoms with E-state index in [0.29, 0.717) is 0 Å². The smallest absolute Gasteiger partial charge is 0.00922 e. The average molecular weight is 182 g/mol. The predicted octanol–water partition coefficient (Wildman–Crippen LogP) is 1.61. The Morgan fingerprint density at radius 1 is 1.23 bits per heavy atom. The molecule has 0 unspecified atom stereocenters. The summed E-state index contributed by atoms with van der Waals surface area (Å²) in [7, 11) is 2.28. The molecule has 2 rings (SSSR count). The Kier molecular flexibility index (Phi) is 3.23. The fourth-order valence-corrected chi connectivity index (χ4v) is 1.93. The van der Waals surface area contributed by atoms with Crippen molar-refractivity contribution >= 4 is 0 Å². The summed E-state index contributed by atoms with van der Waals surface area (Å²) in [5.74, 6) is 0. The van der Waals surface area contributed by atoms with E-state index in [1.807, 2.05) is 0 Å². The van der Waals surface area contributed by atoms with Crippen LogP contribution in [-0.4, -0.2) is 37.1 Å². The molecule has 13 heavy (non-hydrogen) atoms. The first-order chi connectivity index (χ1) is 6.36. The van der Waals surface area contributed by atoms with Crippen LogP contribution >= 0.6 is 0 Å². The molecule has 0 aliphatic heterocycles. The maximum absolute atomic E-state index is 3.56. The van der Waals surface area contributed by atoms with Crippen molar-refractivity contribution in [1.82, 2.24) is 10.2 Å². The van der Waals surface area contributed by atoms with Gasteiger partial charge in [-0.25, -0.2) is 0 Å². The Bertz CT molecular complexity index is 150. The van der Waals surface area contributed by atoms with E-state index in [4.69, 9.17) is 0 Å². The van der Waals surface area contributed by atoms with Gasteiger partial charge in [0, 0.05) is 12.1 Å². The van der Waals surface area contributed by atoms with Crippen molar-refractivity contribution in [3.05, 3.63) is 0 Å². The molecule has 2 nitrogen and oxygen atoms in total. The highest BCUT2D eigenvalue weighted by atomic mass is 15.1. The molecule has 2 aliphatic rings. The molecule has 0 aromatic carbocycles. The van der Waals surface area contributed by atoms with Crippen LogP contribution in [0.25, 0.3) is 0 Å². The summed E-state index contributed by atoms with van der Waals surface area (Å²) in [6, 6.07) is 1.80. The Hall–Kier alpha value is -0.0800. The van der Waals surface area contributed by atoms with Crippen molar-refractivity contribution in [2.24, 2.45) is 0 Å². The van der Waals surface area contributed by atoms with Crippen molar-refractivity contribution in [3.63, 3.8) is 0 Å². The molecular weight excluding hydrogens is 160 g/mol. The third kappa shape index (κ3) is 2.96. The van der Waals surface area contributed by atoms with Crippen LogP contribution < -0.4 is 5.32 Å². The van der Waals surface area contributed by atoms with Crippen LogP contribution in [0, 0.1) is 0 Å². The highest BCUT2D eigenvalue weighted by molar-refractivity contribution is 4.81. The number of nitrogens with zero attached hydrogens (tertiary/aromatic N) is 1. The number of nitrogens with one attached hydrogen (secondary N) is 1. The zero-order valence-electron chi connectivity index (χ0n) is 8.76. The fourth-order valence-electron chi connectivity index (χ4n) is 1.93. The molecule has 0 radical (unpaired) electrons. The van der Waals surface area contributed by atoms with Gasteiger partial charge in [-0.3, -0.25) is 0 Å². The Balaban J connectivity index is 1.46. The zero-order chi connectivity index (χ0) is 9.10. The minimum Gasteiger partial charge on any atom is -0.314 e. The average Bonchev–Trinajstić information content (AvgIpc) is 2.77. The molecule has 0 heterocycles. The second-order valence-electron chi connectivity index (χ2n) is 4.65. The van der Waals surface area contributed by atoms with E-state index in [-0.39, 0.29) is 0 Å². The van der Waals surface area contributed by atoms with Crippen molar-refractivity contribution in [1.29, 1.82) is 0 Å². The topological polar surface area (TPSA) is 15.3 Å². The SMILES string of the molecule is CN(CCCNC1CC1)C1CCC1. The number of hydrogen-bond acceptors (Lipinski definition) is 2. The lowest BCUT2D eigenvalue weighted by Gasteiger charge is -2.34. The summed E-state index contributed by atoms with van der Waals surface area (Å²) in [4.78, 5) is 2.54. The van der Waals surface area contributed by atoms with Crippen LogP contribution in [0.4, 0.5) is 0 Å². The highest BCUT2D eigenvalue weighted by Crippen LogP contribution is 2.23. The number of hydrogen-bond donors (Lipinski definition) is 1. The molecular formula is C11H22N2. The van der Waals surface area contributed by atoms with E-state index in [9.17, 15) is 0 Å². The van der Waals surface area contributed by atoms with Crippen molar-refractivity contribution in [3.8, 4) is 0 Å². The van der Waals surface area contributed by atoms with Crippen LogP contribution in [0.2, 0.25) is 0 Å². The summed E-state index contributed by atoms with van der Waals surface area (Å²) in [5, 5.41) is 3.56. The van der Waals surface area contributed by atoms with E-state index < -0.39 is 0 Å². The summed E-state index contributed by atoms with van der Waals surface area (Å²) < 4.78 is 0. The van der Waals surface area contributed by atoms with E-state index >= 15 is 0 Å². The van der Waals surface area contributed by atoms with Gasteiger partial charge in [0.05, 0.1) is 0 Å². The normalized spacial score (nSPS) is 23.5. The van der Waals surface area contributed by atoms with Crippen LogP contribution in [0.3, 0.4) is 0 Å². The van der Waals surface area contributed by atoms with Gasteiger partial charge < -0.3 is 10.2 Å². The Labute approximate surface area is 81.7 Å². The molecule has 2 saturated carbocycles. The molecule has 2 fully saturated rings. The second kappa shape index (κ2) is 4.43. The second-order valence-corrected chi connectivity index (χ2v) is 4.65. The molecule has 0 spiro atoms. The van der Waals surface area contributed by atoms with Gasteiger partial charge in [-0.1, -0.05) is 6.42 Å². The van der Waals surface area contributed by atoms with Gasteiger partial charge in [-0.05, 0) is 52.2 Å². The molecule has 2 aliphatic carbocycles. The van der Waals surface area contributed by atoms with Crippen molar-refractivity contribution < 1.29 is 0 Å². The predicted molar refractivity (Wildman–Crippen MR) is 55.9 cm³/mol. The van der Waals surface area contributed by atoms with Gasteiger partial charge in [0.25, 0.3) is 0 Å². The third-order valence-electron chi connectivity index (χ3n) is 3.40. The van der Waals surface area contributed by atoms with Crippen molar-refractivity contribution in [2.45, 2.75) is 50.6 Å². The first-order valence-electron chi connectivity index (χ1n) is 5.80. The first-order valence-corrected chi connectivity index (χ1v) is 5.80. The molecule has 0 saturated heterocycles. The minimum atomic E-state index is 0.883. The van der Waals surface area contributed by atoms with Gasteiger partial charge in [0.1, 0.15) is 0 Å². The monoisotopic (exact) mass is 182 g/mol. The van der Waals surface area contributed by atoms with E-state index in [0.717, 1.165) is 12.1 Å². The maximum atomic E-state index is 3.56. The van der Waals surface area contributed by atoms with Gasteiger partial charge in [0.2, 0.25) is 0 Å². The van der Waals surface area contributed by atoms with Gasteiger partial charge in [-0.2, -0.15) is 0 Å². The third-order valence-corrected chi connectivity index (χ3v) is 3.40. The molecule has 0 atom stereocenters. The fraction of sp³-hybridized carbons (Fsp3) is 1.00. The maximum Gasteiger partial charge on any atom is 0.00922 e.